The average Bonchev–Trinajstić information content (AvgIpc) is 0.771. The second kappa shape index (κ2) is 56.6. The van der Waals surface area contributed by atoms with Gasteiger partial charge < -0.3 is 165 Å². The fraction of sp³-hybridized carbons (Fsp3) is 0.915. The lowest BCUT2D eigenvalue weighted by molar-refractivity contribution is -0.387. The minimum Gasteiger partial charge on any atom is -0.394 e. The summed E-state index contributed by atoms with van der Waals surface area (Å²) >= 11 is 0. The molecule has 6 aliphatic heterocycles. The van der Waals surface area contributed by atoms with Crippen LogP contribution >= 0.6 is 0 Å². The lowest BCUT2D eigenvalue weighted by Crippen LogP contribution is -2.70. The molecular formula is C82H147N3O33. The van der Waals surface area contributed by atoms with E-state index in [1.165, 1.54) is 128 Å². The first kappa shape index (κ1) is 103. The van der Waals surface area contributed by atoms with Crippen molar-refractivity contribution >= 4 is 17.7 Å². The lowest BCUT2D eigenvalue weighted by Gasteiger charge is -2.51. The van der Waals surface area contributed by atoms with Gasteiger partial charge in [0.1, 0.15) is 146 Å². The van der Waals surface area contributed by atoms with Gasteiger partial charge in [0.05, 0.1) is 58.4 Å². The summed E-state index contributed by atoms with van der Waals surface area (Å²) in [5.41, 5.74) is 0. The number of aliphatic hydroxyl groups is 18. The van der Waals surface area contributed by atoms with Crippen molar-refractivity contribution in [1.29, 1.82) is 0 Å². The number of rotatable bonds is 57. The van der Waals surface area contributed by atoms with Gasteiger partial charge in [0.15, 0.2) is 37.7 Å². The van der Waals surface area contributed by atoms with Crippen LogP contribution in [0.4, 0.5) is 0 Å². The Hall–Kier alpha value is -3.31. The molecule has 118 heavy (non-hydrogen) atoms. The van der Waals surface area contributed by atoms with E-state index in [2.05, 4.69) is 41.9 Å². The van der Waals surface area contributed by atoms with Gasteiger partial charge in [-0.2, -0.15) is 0 Å². The summed E-state index contributed by atoms with van der Waals surface area (Å²) in [6.45, 7) is 0.0925. The maximum atomic E-state index is 13.6. The Morgan fingerprint density at radius 2 is 0.636 bits per heavy atom. The van der Waals surface area contributed by atoms with Crippen molar-refractivity contribution in [2.75, 3.05) is 46.2 Å². The van der Waals surface area contributed by atoms with Crippen LogP contribution in [0.25, 0.3) is 0 Å². The lowest BCUT2D eigenvalue weighted by atomic mass is 9.93. The molecule has 0 aromatic carbocycles. The number of unbranched alkanes of at least 4 members (excludes halogenated alkanes) is 28. The first-order valence-corrected chi connectivity index (χ1v) is 43.6. The first-order valence-electron chi connectivity index (χ1n) is 43.6. The Balaban J connectivity index is 1.06. The van der Waals surface area contributed by atoms with Crippen molar-refractivity contribution in [1.82, 2.24) is 16.0 Å². The summed E-state index contributed by atoms with van der Waals surface area (Å²) in [4.78, 5) is 39.2. The third-order valence-corrected chi connectivity index (χ3v) is 22.9. The summed E-state index contributed by atoms with van der Waals surface area (Å²) in [7, 11) is 0. The topological polar surface area (TPSA) is 562 Å². The van der Waals surface area contributed by atoms with Crippen molar-refractivity contribution in [2.24, 2.45) is 0 Å². The van der Waals surface area contributed by atoms with Crippen LogP contribution in [-0.2, 0) is 71.2 Å². The van der Waals surface area contributed by atoms with Crippen LogP contribution in [0.3, 0.4) is 0 Å². The molecule has 6 heterocycles. The quantitative estimate of drug-likeness (QED) is 0.0274. The van der Waals surface area contributed by atoms with E-state index in [1.807, 2.05) is 6.08 Å². The maximum absolute atomic E-state index is 13.6. The number of ether oxygens (including phenoxy) is 12. The van der Waals surface area contributed by atoms with Crippen molar-refractivity contribution in [3.8, 4) is 0 Å². The number of amides is 3. The molecule has 0 aromatic heterocycles. The number of nitrogens with one attached hydrogen (secondary N) is 3. The Morgan fingerprint density at radius 1 is 0.331 bits per heavy atom. The summed E-state index contributed by atoms with van der Waals surface area (Å²) in [6.07, 6.45) is -11.0. The van der Waals surface area contributed by atoms with Crippen LogP contribution in [0.15, 0.2) is 24.3 Å². The van der Waals surface area contributed by atoms with E-state index < -0.39 is 254 Å². The van der Waals surface area contributed by atoms with Crippen molar-refractivity contribution < 1.29 is 163 Å². The zero-order chi connectivity index (χ0) is 86.2. The van der Waals surface area contributed by atoms with Gasteiger partial charge >= 0.3 is 0 Å². The molecule has 21 N–H and O–H groups in total. The molecule has 0 spiro atoms. The van der Waals surface area contributed by atoms with E-state index in [4.69, 9.17) is 56.8 Å². The number of hydrogen-bond acceptors (Lipinski definition) is 33. The first-order chi connectivity index (χ1) is 56.8. The predicted octanol–water partition coefficient (Wildman–Crippen LogP) is -0.307. The van der Waals surface area contributed by atoms with Gasteiger partial charge in [-0.05, 0) is 44.9 Å². The number of carbonyl (C=O) groups is 3. The second-order valence-electron chi connectivity index (χ2n) is 32.4. The van der Waals surface area contributed by atoms with Gasteiger partial charge in [0, 0.05) is 20.3 Å². The summed E-state index contributed by atoms with van der Waals surface area (Å²) in [5.74, 6) is -2.05. The Bertz CT molecular complexity index is 2760. The molecule has 32 atom stereocenters. The van der Waals surface area contributed by atoms with Gasteiger partial charge in [0.2, 0.25) is 17.7 Å². The van der Waals surface area contributed by atoms with Gasteiger partial charge in [-0.25, -0.2) is 0 Å². The molecule has 0 aromatic rings. The SMILES string of the molecule is CCCCCCCC/C=C\CCCCCCCCCCCCCC(=O)N[C@@H](CO[C@@H]1OC(CO)[C@@H](O[C@@H]2OC(CO)[C@H](O)[C@H](O[C@@H]3OC(CO)[C@@H](O[C@@H]4OC(CO)[C@H](O)[C@H](O[C@H]5OC(CO)[C@@H](O[C@@H]6OC(CO)[C@H](O)[C@H](O)C6O)[C@H](O)C5NC(C)=O)C4O)[C@H](O)C3NC(C)=O)C2O)[C@H](O)C1O)[C@H](O)/C=C/CCCCCCCCCCCCC. The van der Waals surface area contributed by atoms with E-state index in [0.29, 0.717) is 12.8 Å². The minimum absolute atomic E-state index is 0.172. The van der Waals surface area contributed by atoms with Gasteiger partial charge in [0.25, 0.3) is 0 Å². The maximum Gasteiger partial charge on any atom is 0.220 e. The highest BCUT2D eigenvalue weighted by Crippen LogP contribution is 2.38. The highest BCUT2D eigenvalue weighted by Gasteiger charge is 2.59. The molecule has 0 saturated carbocycles. The van der Waals surface area contributed by atoms with Crippen LogP contribution in [0.2, 0.25) is 0 Å². The number of allylic oxidation sites excluding steroid dienone is 3. The van der Waals surface area contributed by atoms with Crippen LogP contribution < -0.4 is 16.0 Å². The molecule has 6 rings (SSSR count). The molecule has 0 radical (unpaired) electrons. The Kier molecular flexibility index (Phi) is 49.6. The number of hydrogen-bond donors (Lipinski definition) is 21. The third kappa shape index (κ3) is 32.6. The average molecular weight is 1700 g/mol. The fourth-order valence-corrected chi connectivity index (χ4v) is 15.9. The second-order valence-corrected chi connectivity index (χ2v) is 32.4. The molecule has 36 nitrogen and oxygen atoms in total. The molecule has 3 amide bonds. The molecule has 6 fully saturated rings. The Labute approximate surface area is 694 Å². The van der Waals surface area contributed by atoms with Crippen molar-refractivity contribution in [3.63, 3.8) is 0 Å². The monoisotopic (exact) mass is 1700 g/mol. The van der Waals surface area contributed by atoms with Gasteiger partial charge in [-0.3, -0.25) is 14.4 Å². The van der Waals surface area contributed by atoms with Gasteiger partial charge in [-0.15, -0.1) is 0 Å². The van der Waals surface area contributed by atoms with Crippen LogP contribution in [0.1, 0.15) is 233 Å². The minimum atomic E-state index is -2.24. The summed E-state index contributed by atoms with van der Waals surface area (Å²) in [6, 6.07) is -4.67. The molecule has 0 aliphatic carbocycles. The van der Waals surface area contributed by atoms with E-state index in [9.17, 15) is 106 Å². The van der Waals surface area contributed by atoms with Crippen LogP contribution in [0, 0.1) is 0 Å². The molecule has 0 bridgehead atoms. The fourth-order valence-electron chi connectivity index (χ4n) is 15.9. The summed E-state index contributed by atoms with van der Waals surface area (Å²) < 4.78 is 70.9. The normalized spacial score (nSPS) is 36.0. The van der Waals surface area contributed by atoms with Crippen molar-refractivity contribution in [2.45, 2.75) is 429 Å². The third-order valence-electron chi connectivity index (χ3n) is 22.9. The van der Waals surface area contributed by atoms with Gasteiger partial charge in [-0.1, -0.05) is 192 Å². The standard InChI is InChI=1S/C82H147N3O33/c1-5-7-9-11-13-15-17-19-20-21-22-23-24-25-26-28-30-32-34-36-38-40-58(95)85-50(51(94)39-37-35-33-31-29-27-18-16-14-12-10-8-6-2)47-107-79-69(104)67(102)74(57(46-91)113-79)116-82-71(106)76(63(98)54(43-88)110-82)118-78-60(84-49(4)93)65(100)73(56(45-90)112-78)115-81-70(105)75(62(97)53(42-87)109-81)117-77-59(83-48(3)92)64(99)72(55(44-89)111-77)114-80-68(103)66(101)61(96)52(41-86)108-80/h19-20,37,39,50-57,59-82,86-91,94,96-106H,5-18,21-36,38,40-47H2,1-4H3,(H,83,92)(H,84,93)(H,85,95)/b20-19-,39-37+/t50-,51+,52?,53?,54?,55?,56?,57?,59?,60?,61-,62-,63-,64+,65+,66-,67+,68?,69?,70?,71?,72+,73+,74+,75-,76-,77+,78-,79+,80-,81-,82-/m0/s1. The van der Waals surface area contributed by atoms with Crippen molar-refractivity contribution in [3.05, 3.63) is 24.3 Å². The largest absolute Gasteiger partial charge is 0.394 e. The number of carbonyl (C=O) groups excluding carboxylic acids is 3. The molecule has 6 aliphatic rings. The molecule has 688 valence electrons. The van der Waals surface area contributed by atoms with Crippen LogP contribution in [-0.4, -0.2) is 352 Å². The molecule has 36 heteroatoms. The highest BCUT2D eigenvalue weighted by atomic mass is 16.8. The zero-order valence-corrected chi connectivity index (χ0v) is 69.5. The summed E-state index contributed by atoms with van der Waals surface area (Å²) in [5, 5.41) is 208. The molecular weight excluding hydrogens is 1550 g/mol. The van der Waals surface area contributed by atoms with E-state index >= 15 is 0 Å². The Morgan fingerprint density at radius 3 is 1.01 bits per heavy atom. The predicted molar refractivity (Wildman–Crippen MR) is 421 cm³/mol. The van der Waals surface area contributed by atoms with E-state index in [-0.39, 0.29) is 12.3 Å². The molecule has 6 saturated heterocycles. The molecule has 12 unspecified atom stereocenters. The van der Waals surface area contributed by atoms with Crippen LogP contribution in [0.5, 0.6) is 0 Å². The number of aliphatic hydroxyl groups excluding tert-OH is 18. The smallest absolute Gasteiger partial charge is 0.220 e. The zero-order valence-electron chi connectivity index (χ0n) is 69.5. The van der Waals surface area contributed by atoms with E-state index in [1.54, 1.807) is 6.08 Å². The van der Waals surface area contributed by atoms with E-state index in [0.717, 1.165) is 71.6 Å². The highest BCUT2D eigenvalue weighted by molar-refractivity contribution is 5.76.